The molecular formula is C20H25BrN2O. The molecule has 0 bridgehead atoms. The third kappa shape index (κ3) is 4.74. The first-order valence-electron chi connectivity index (χ1n) is 8.70. The van der Waals surface area contributed by atoms with Gasteiger partial charge in [-0.1, -0.05) is 34.1 Å². The Bertz CT molecular complexity index is 636. The minimum absolute atomic E-state index is 0.560. The van der Waals surface area contributed by atoms with Gasteiger partial charge in [-0.2, -0.15) is 0 Å². The van der Waals surface area contributed by atoms with Gasteiger partial charge in [-0.15, -0.1) is 0 Å². The van der Waals surface area contributed by atoms with Crippen LogP contribution < -0.4 is 10.1 Å². The minimum Gasteiger partial charge on any atom is -0.494 e. The minimum atomic E-state index is 0.560. The maximum absolute atomic E-state index is 5.75. The van der Waals surface area contributed by atoms with Crippen molar-refractivity contribution in [2.45, 2.75) is 32.4 Å². The molecule has 24 heavy (non-hydrogen) atoms. The zero-order valence-electron chi connectivity index (χ0n) is 14.2. The van der Waals surface area contributed by atoms with Crippen LogP contribution in [0, 0.1) is 0 Å². The Morgan fingerprint density at radius 1 is 1.08 bits per heavy atom. The van der Waals surface area contributed by atoms with Gasteiger partial charge < -0.3 is 10.1 Å². The summed E-state index contributed by atoms with van der Waals surface area (Å²) in [6.45, 7) is 5.97. The lowest BCUT2D eigenvalue weighted by molar-refractivity contribution is 0.207. The van der Waals surface area contributed by atoms with E-state index in [1.165, 1.54) is 24.1 Å². The van der Waals surface area contributed by atoms with Crippen molar-refractivity contribution in [2.24, 2.45) is 0 Å². The van der Waals surface area contributed by atoms with Gasteiger partial charge in [0.05, 0.1) is 6.61 Å². The molecular weight excluding hydrogens is 364 g/mol. The van der Waals surface area contributed by atoms with E-state index in [2.05, 4.69) is 68.6 Å². The molecule has 1 saturated heterocycles. The summed E-state index contributed by atoms with van der Waals surface area (Å²) in [6, 6.07) is 17.4. The summed E-state index contributed by atoms with van der Waals surface area (Å²) in [5.41, 5.74) is 2.50. The summed E-state index contributed by atoms with van der Waals surface area (Å²) in [4.78, 5) is 2.53. The second kappa shape index (κ2) is 8.54. The first-order chi connectivity index (χ1) is 11.7. The van der Waals surface area contributed by atoms with E-state index in [0.717, 1.165) is 36.5 Å². The van der Waals surface area contributed by atoms with Crippen LogP contribution in [-0.2, 0) is 6.54 Å². The van der Waals surface area contributed by atoms with E-state index in [0.29, 0.717) is 6.04 Å². The summed E-state index contributed by atoms with van der Waals surface area (Å²) >= 11 is 3.48. The van der Waals surface area contributed by atoms with Gasteiger partial charge in [0.25, 0.3) is 0 Å². The number of nitrogens with one attached hydrogen (secondary N) is 1. The molecule has 1 fully saturated rings. The molecule has 0 saturated carbocycles. The highest BCUT2D eigenvalue weighted by Crippen LogP contribution is 2.23. The molecule has 1 aliphatic heterocycles. The zero-order chi connectivity index (χ0) is 16.8. The molecule has 128 valence electrons. The molecule has 0 aromatic heterocycles. The zero-order valence-corrected chi connectivity index (χ0v) is 15.8. The second-order valence-electron chi connectivity index (χ2n) is 6.24. The third-order valence-corrected chi connectivity index (χ3v) is 5.00. The average molecular weight is 389 g/mol. The number of ether oxygens (including phenoxy) is 1. The molecule has 2 aromatic rings. The Morgan fingerprint density at radius 3 is 2.50 bits per heavy atom. The van der Waals surface area contributed by atoms with Crippen molar-refractivity contribution in [3.63, 3.8) is 0 Å². The summed E-state index contributed by atoms with van der Waals surface area (Å²) < 4.78 is 6.87. The number of anilines is 1. The van der Waals surface area contributed by atoms with Gasteiger partial charge in [-0.05, 0) is 50.1 Å². The summed E-state index contributed by atoms with van der Waals surface area (Å²) in [5.74, 6) is 1.02. The predicted molar refractivity (Wildman–Crippen MR) is 104 cm³/mol. The van der Waals surface area contributed by atoms with Gasteiger partial charge in [0.1, 0.15) is 5.75 Å². The fourth-order valence-corrected chi connectivity index (χ4v) is 3.45. The van der Waals surface area contributed by atoms with Crippen LogP contribution in [0.15, 0.2) is 53.0 Å². The fraction of sp³-hybridized carbons (Fsp3) is 0.400. The van der Waals surface area contributed by atoms with Crippen LogP contribution in [0.3, 0.4) is 0 Å². The highest BCUT2D eigenvalue weighted by atomic mass is 79.9. The largest absolute Gasteiger partial charge is 0.494 e. The van der Waals surface area contributed by atoms with Gasteiger partial charge in [0, 0.05) is 41.4 Å². The Morgan fingerprint density at radius 2 is 1.79 bits per heavy atom. The van der Waals surface area contributed by atoms with Crippen LogP contribution in [-0.4, -0.2) is 30.6 Å². The third-order valence-electron chi connectivity index (χ3n) is 4.47. The van der Waals surface area contributed by atoms with Crippen molar-refractivity contribution >= 4 is 21.6 Å². The standard InChI is InChI=1S/C20H25BrN2O/c1-2-24-20-6-4-3-5-16(20)15-23-13-11-19(12-14-23)22-18-9-7-17(21)8-10-18/h3-10,19,22H,2,11-15H2,1H3. The molecule has 1 heterocycles. The van der Waals surface area contributed by atoms with Crippen molar-refractivity contribution in [3.8, 4) is 5.75 Å². The SMILES string of the molecule is CCOc1ccccc1CN1CCC(Nc2ccc(Br)cc2)CC1. The fourth-order valence-electron chi connectivity index (χ4n) is 3.19. The summed E-state index contributed by atoms with van der Waals surface area (Å²) in [7, 11) is 0. The summed E-state index contributed by atoms with van der Waals surface area (Å²) in [5, 5.41) is 3.65. The molecule has 0 aliphatic carbocycles. The number of piperidine rings is 1. The topological polar surface area (TPSA) is 24.5 Å². The molecule has 0 spiro atoms. The number of likely N-dealkylation sites (tertiary alicyclic amines) is 1. The van der Waals surface area contributed by atoms with E-state index >= 15 is 0 Å². The highest BCUT2D eigenvalue weighted by Gasteiger charge is 2.20. The van der Waals surface area contributed by atoms with Crippen molar-refractivity contribution in [1.82, 2.24) is 4.90 Å². The highest BCUT2D eigenvalue weighted by molar-refractivity contribution is 9.10. The van der Waals surface area contributed by atoms with Crippen LogP contribution in [0.4, 0.5) is 5.69 Å². The molecule has 3 rings (SSSR count). The smallest absolute Gasteiger partial charge is 0.123 e. The van der Waals surface area contributed by atoms with E-state index in [9.17, 15) is 0 Å². The van der Waals surface area contributed by atoms with Crippen LogP contribution >= 0.6 is 15.9 Å². The van der Waals surface area contributed by atoms with Crippen LogP contribution in [0.25, 0.3) is 0 Å². The first kappa shape index (κ1) is 17.3. The molecule has 0 amide bonds. The van der Waals surface area contributed by atoms with Crippen molar-refractivity contribution in [1.29, 1.82) is 0 Å². The van der Waals surface area contributed by atoms with Crippen molar-refractivity contribution < 1.29 is 4.74 Å². The molecule has 2 aromatic carbocycles. The molecule has 4 heteroatoms. The Balaban J connectivity index is 1.51. The number of nitrogens with zero attached hydrogens (tertiary/aromatic N) is 1. The van der Waals surface area contributed by atoms with E-state index in [4.69, 9.17) is 4.74 Å². The maximum atomic E-state index is 5.75. The molecule has 0 unspecified atom stereocenters. The lowest BCUT2D eigenvalue weighted by Crippen LogP contribution is -2.38. The first-order valence-corrected chi connectivity index (χ1v) is 9.49. The van der Waals surface area contributed by atoms with Gasteiger partial charge in [0.2, 0.25) is 0 Å². The van der Waals surface area contributed by atoms with Crippen LogP contribution in [0.1, 0.15) is 25.3 Å². The summed E-state index contributed by atoms with van der Waals surface area (Å²) in [6.07, 6.45) is 2.35. The Hall–Kier alpha value is -1.52. The number of para-hydroxylation sites is 1. The normalized spacial score (nSPS) is 16.1. The number of hydrogen-bond donors (Lipinski definition) is 1. The van der Waals surface area contributed by atoms with Crippen LogP contribution in [0.5, 0.6) is 5.75 Å². The predicted octanol–water partition coefficient (Wildman–Crippen LogP) is 4.92. The second-order valence-corrected chi connectivity index (χ2v) is 7.16. The van der Waals surface area contributed by atoms with Gasteiger partial charge in [0.15, 0.2) is 0 Å². The number of hydrogen-bond acceptors (Lipinski definition) is 3. The lowest BCUT2D eigenvalue weighted by atomic mass is 10.0. The number of halogens is 1. The number of benzene rings is 2. The van der Waals surface area contributed by atoms with E-state index in [1.54, 1.807) is 0 Å². The molecule has 1 N–H and O–H groups in total. The molecule has 0 atom stereocenters. The van der Waals surface area contributed by atoms with Crippen molar-refractivity contribution in [2.75, 3.05) is 25.0 Å². The van der Waals surface area contributed by atoms with E-state index in [-0.39, 0.29) is 0 Å². The average Bonchev–Trinajstić information content (AvgIpc) is 2.61. The lowest BCUT2D eigenvalue weighted by Gasteiger charge is -2.33. The number of rotatable bonds is 6. The van der Waals surface area contributed by atoms with Gasteiger partial charge in [-0.25, -0.2) is 0 Å². The van der Waals surface area contributed by atoms with E-state index in [1.807, 2.05) is 13.0 Å². The van der Waals surface area contributed by atoms with E-state index < -0.39 is 0 Å². The molecule has 3 nitrogen and oxygen atoms in total. The van der Waals surface area contributed by atoms with Crippen molar-refractivity contribution in [3.05, 3.63) is 58.6 Å². The Kier molecular flexibility index (Phi) is 6.16. The van der Waals surface area contributed by atoms with Gasteiger partial charge in [-0.3, -0.25) is 4.90 Å². The van der Waals surface area contributed by atoms with Gasteiger partial charge >= 0.3 is 0 Å². The maximum Gasteiger partial charge on any atom is 0.123 e. The quantitative estimate of drug-likeness (QED) is 0.759. The molecule has 1 aliphatic rings. The van der Waals surface area contributed by atoms with Crippen LogP contribution in [0.2, 0.25) is 0 Å². The Labute approximate surface area is 153 Å². The monoisotopic (exact) mass is 388 g/mol. The molecule has 0 radical (unpaired) electrons.